The zero-order chi connectivity index (χ0) is 18.8. The number of hydrogen-bond acceptors (Lipinski definition) is 0. The van der Waals surface area contributed by atoms with Gasteiger partial charge in [0.1, 0.15) is 0 Å². The molecule has 1 heterocycles. The molecule has 0 atom stereocenters. The summed E-state index contributed by atoms with van der Waals surface area (Å²) < 4.78 is 7.19. The first kappa shape index (κ1) is 22.8. The fourth-order valence-corrected chi connectivity index (χ4v) is 14.1. The molecule has 0 bridgehead atoms. The van der Waals surface area contributed by atoms with Gasteiger partial charge in [-0.2, -0.15) is 0 Å². The molecule has 2 aromatic rings. The van der Waals surface area contributed by atoms with E-state index < -0.39 is 0 Å². The third-order valence-electron chi connectivity index (χ3n) is 4.24. The van der Waals surface area contributed by atoms with Crippen LogP contribution in [0.2, 0.25) is 15.7 Å². The molecule has 0 nitrogen and oxygen atoms in total. The molecule has 0 unspecified atom stereocenters. The molecule has 1 aromatic carbocycles. The summed E-state index contributed by atoms with van der Waals surface area (Å²) >= 11 is 8.01. The first-order valence-corrected chi connectivity index (χ1v) is 16.1. The Morgan fingerprint density at radius 3 is 1.96 bits per heavy atom. The molecular formula is C22H31ClSe3. The molecular weight excluding hydrogens is 537 g/mol. The third-order valence-corrected chi connectivity index (χ3v) is 14.3. The van der Waals surface area contributed by atoms with Gasteiger partial charge < -0.3 is 0 Å². The molecule has 2 rings (SSSR count). The number of aryl methyl sites for hydroxylation is 1. The molecule has 0 radical (unpaired) electrons. The van der Waals surface area contributed by atoms with Crippen LogP contribution in [-0.2, 0) is 6.42 Å². The van der Waals surface area contributed by atoms with Crippen LogP contribution in [0, 0.1) is 0 Å². The number of halogens is 1. The molecule has 0 aliphatic carbocycles. The second-order valence-electron chi connectivity index (χ2n) is 6.53. The van der Waals surface area contributed by atoms with Crippen molar-refractivity contribution in [2.75, 3.05) is 0 Å². The Balaban J connectivity index is 2.39. The van der Waals surface area contributed by atoms with Crippen molar-refractivity contribution < 1.29 is 0 Å². The van der Waals surface area contributed by atoms with Crippen LogP contribution in [0.5, 0.6) is 0 Å². The molecule has 0 saturated carbocycles. The summed E-state index contributed by atoms with van der Waals surface area (Å²) in [5, 5.41) is 3.68. The quantitative estimate of drug-likeness (QED) is 0.235. The molecule has 0 aliphatic heterocycles. The van der Waals surface area contributed by atoms with Crippen LogP contribution >= 0.6 is 11.6 Å². The minimum atomic E-state index is 0.537. The summed E-state index contributed by atoms with van der Waals surface area (Å²) in [7, 11) is 0. The number of unbranched alkanes of at least 4 members (excludes halogenated alkanes) is 3. The van der Waals surface area contributed by atoms with Crippen molar-refractivity contribution in [1.29, 1.82) is 0 Å². The van der Waals surface area contributed by atoms with Crippen LogP contribution in [0.25, 0.3) is 10.0 Å². The van der Waals surface area contributed by atoms with Gasteiger partial charge in [0.05, 0.1) is 0 Å². The second-order valence-corrected chi connectivity index (χ2v) is 13.9. The van der Waals surface area contributed by atoms with Crippen LogP contribution in [0.3, 0.4) is 0 Å². The van der Waals surface area contributed by atoms with Crippen molar-refractivity contribution >= 4 is 64.9 Å². The topological polar surface area (TPSA) is 0 Å². The molecule has 0 spiro atoms. The van der Waals surface area contributed by atoms with Gasteiger partial charge in [-0.1, -0.05) is 0 Å². The fraction of sp³-hybridized carbons (Fsp3) is 0.545. The van der Waals surface area contributed by atoms with Crippen LogP contribution in [0.4, 0.5) is 0 Å². The van der Waals surface area contributed by atoms with Crippen LogP contribution in [-0.4, -0.2) is 44.4 Å². The van der Waals surface area contributed by atoms with E-state index in [0.717, 1.165) is 5.02 Å². The number of benzene rings is 1. The summed E-state index contributed by atoms with van der Waals surface area (Å²) in [6.07, 6.45) is 9.42. The van der Waals surface area contributed by atoms with Crippen LogP contribution < -0.4 is 8.92 Å². The van der Waals surface area contributed by atoms with Gasteiger partial charge in [-0.15, -0.1) is 0 Å². The molecule has 0 fully saturated rings. The van der Waals surface area contributed by atoms with Gasteiger partial charge in [-0.25, -0.2) is 0 Å². The molecule has 1 aromatic heterocycles. The van der Waals surface area contributed by atoms with Crippen LogP contribution in [0.1, 0.15) is 63.7 Å². The predicted molar refractivity (Wildman–Crippen MR) is 123 cm³/mol. The molecule has 144 valence electrons. The first-order valence-electron chi connectivity index (χ1n) is 9.88. The summed E-state index contributed by atoms with van der Waals surface area (Å²) in [5.41, 5.74) is 1.44. The Kier molecular flexibility index (Phi) is 11.3. The Bertz CT molecular complexity index is 646. The van der Waals surface area contributed by atoms with Crippen molar-refractivity contribution in [3.63, 3.8) is 0 Å². The van der Waals surface area contributed by atoms with Gasteiger partial charge in [0, 0.05) is 0 Å². The van der Waals surface area contributed by atoms with Gasteiger partial charge in [0.25, 0.3) is 0 Å². The summed E-state index contributed by atoms with van der Waals surface area (Å²) in [6.45, 7) is 6.96. The summed E-state index contributed by atoms with van der Waals surface area (Å²) in [6, 6.07) is 8.66. The third kappa shape index (κ3) is 6.86. The maximum atomic E-state index is 6.15. The van der Waals surface area contributed by atoms with Gasteiger partial charge in [-0.05, 0) is 0 Å². The number of rotatable bonds is 12. The van der Waals surface area contributed by atoms with Gasteiger partial charge in [0.15, 0.2) is 0 Å². The predicted octanol–water partition coefficient (Wildman–Crippen LogP) is 5.50. The Morgan fingerprint density at radius 1 is 0.808 bits per heavy atom. The zero-order valence-electron chi connectivity index (χ0n) is 16.3. The average Bonchev–Trinajstić information content (AvgIpc) is 2.99. The summed E-state index contributed by atoms with van der Waals surface area (Å²) in [5.74, 6) is 0. The summed E-state index contributed by atoms with van der Waals surface area (Å²) in [4.78, 5) is 0. The van der Waals surface area contributed by atoms with Gasteiger partial charge >= 0.3 is 185 Å². The van der Waals surface area contributed by atoms with E-state index in [4.69, 9.17) is 11.6 Å². The standard InChI is InChI=1S/C22H31ClSe3/c1-4-7-10-19-21(24-15-8-5-2)22(25-16-9-6-3)20(26-19)17-11-13-18(23)14-12-17/h11-14H,4-10,15-16H2,1-3H3. The van der Waals surface area contributed by atoms with Gasteiger partial charge in [0.2, 0.25) is 0 Å². The first-order chi connectivity index (χ1) is 12.7. The molecule has 0 N–H and O–H groups in total. The average molecular weight is 568 g/mol. The van der Waals surface area contributed by atoms with Crippen molar-refractivity contribution in [3.8, 4) is 10.0 Å². The fourth-order valence-electron chi connectivity index (χ4n) is 2.65. The van der Waals surface area contributed by atoms with Crippen molar-refractivity contribution in [2.45, 2.75) is 76.4 Å². The second kappa shape index (κ2) is 12.9. The van der Waals surface area contributed by atoms with Crippen LogP contribution in [0.15, 0.2) is 24.3 Å². The number of hydrogen-bond donors (Lipinski definition) is 0. The molecule has 0 saturated heterocycles. The SMILES string of the molecule is CCCC[Se]c1c(CCCC)[se]c(-c2ccc(Cl)cc2)c1[Se]CCCC. The molecule has 0 aliphatic rings. The Hall–Kier alpha value is 0.548. The molecule has 0 amide bonds. The van der Waals surface area contributed by atoms with E-state index in [1.54, 1.807) is 8.90 Å². The van der Waals surface area contributed by atoms with Crippen molar-refractivity contribution in [1.82, 2.24) is 0 Å². The molecule has 4 heteroatoms. The van der Waals surface area contributed by atoms with E-state index in [-0.39, 0.29) is 0 Å². The Labute approximate surface area is 183 Å². The molecule has 26 heavy (non-hydrogen) atoms. The van der Waals surface area contributed by atoms with Crippen molar-refractivity contribution in [2.24, 2.45) is 0 Å². The maximum absolute atomic E-state index is 6.15. The van der Waals surface area contributed by atoms with Crippen molar-refractivity contribution in [3.05, 3.63) is 33.7 Å². The minimum absolute atomic E-state index is 0.537. The van der Waals surface area contributed by atoms with E-state index in [0.29, 0.717) is 44.4 Å². The monoisotopic (exact) mass is 570 g/mol. The van der Waals surface area contributed by atoms with E-state index in [1.165, 1.54) is 61.1 Å². The normalized spacial score (nSPS) is 11.2. The van der Waals surface area contributed by atoms with E-state index in [9.17, 15) is 0 Å². The zero-order valence-corrected chi connectivity index (χ0v) is 22.2. The van der Waals surface area contributed by atoms with E-state index in [2.05, 4.69) is 45.0 Å². The van der Waals surface area contributed by atoms with E-state index in [1.807, 2.05) is 8.90 Å². The van der Waals surface area contributed by atoms with E-state index >= 15 is 0 Å². The van der Waals surface area contributed by atoms with Gasteiger partial charge in [-0.3, -0.25) is 0 Å². The Morgan fingerprint density at radius 2 is 1.38 bits per heavy atom.